The van der Waals surface area contributed by atoms with Gasteiger partial charge in [-0.15, -0.1) is 0 Å². The van der Waals surface area contributed by atoms with Gasteiger partial charge in [0.05, 0.1) is 24.5 Å². The van der Waals surface area contributed by atoms with E-state index >= 15 is 0 Å². The van der Waals surface area contributed by atoms with Gasteiger partial charge in [0.25, 0.3) is 5.91 Å². The Bertz CT molecular complexity index is 1150. The molecule has 190 valence electrons. The Morgan fingerprint density at radius 1 is 0.889 bits per heavy atom. The van der Waals surface area contributed by atoms with Gasteiger partial charge in [0.1, 0.15) is 5.54 Å². The highest BCUT2D eigenvalue weighted by atomic mass is 16.2. The lowest BCUT2D eigenvalue weighted by molar-refractivity contribution is -0.128. The molecule has 3 amide bonds. The molecule has 3 aliphatic rings. The van der Waals surface area contributed by atoms with Crippen LogP contribution in [-0.2, 0) is 14.4 Å². The van der Waals surface area contributed by atoms with Gasteiger partial charge in [-0.3, -0.25) is 29.1 Å². The Hall–Kier alpha value is -3.23. The van der Waals surface area contributed by atoms with E-state index in [4.69, 9.17) is 0 Å². The van der Waals surface area contributed by atoms with Gasteiger partial charge >= 0.3 is 0 Å². The lowest BCUT2D eigenvalue weighted by atomic mass is 9.89. The zero-order valence-corrected chi connectivity index (χ0v) is 21.2. The normalized spacial score (nSPS) is 19.7. The summed E-state index contributed by atoms with van der Waals surface area (Å²) in [5, 5.41) is 6.10. The summed E-state index contributed by atoms with van der Waals surface area (Å²) in [6, 6.07) is 13.6. The highest BCUT2D eigenvalue weighted by molar-refractivity contribution is 6.15. The number of carbonyl (C=O) groups excluding carboxylic acids is 3. The summed E-state index contributed by atoms with van der Waals surface area (Å²) in [6.45, 7) is 7.45. The maximum Gasteiger partial charge on any atom is 0.250 e. The number of aryl methyl sites for hydroxylation is 2. The molecule has 1 spiro atoms. The quantitative estimate of drug-likeness (QED) is 0.674. The summed E-state index contributed by atoms with van der Waals surface area (Å²) < 4.78 is 0. The van der Waals surface area contributed by atoms with Gasteiger partial charge in [0, 0.05) is 31.9 Å². The minimum Gasteiger partial charge on any atom is -0.324 e. The number of para-hydroxylation sites is 3. The van der Waals surface area contributed by atoms with E-state index < -0.39 is 5.54 Å². The molecule has 0 atom stereocenters. The summed E-state index contributed by atoms with van der Waals surface area (Å²) in [5.41, 5.74) is 3.72. The molecule has 8 heteroatoms. The van der Waals surface area contributed by atoms with Gasteiger partial charge in [0.15, 0.2) is 0 Å². The molecule has 0 bridgehead atoms. The molecule has 2 aliphatic heterocycles. The van der Waals surface area contributed by atoms with E-state index in [0.717, 1.165) is 48.4 Å². The molecule has 2 fully saturated rings. The smallest absolute Gasteiger partial charge is 0.250 e. The van der Waals surface area contributed by atoms with Crippen molar-refractivity contribution in [1.82, 2.24) is 9.80 Å². The van der Waals surface area contributed by atoms with Gasteiger partial charge in [-0.1, -0.05) is 43.2 Å². The van der Waals surface area contributed by atoms with Crippen molar-refractivity contribution in [3.8, 4) is 0 Å². The number of amides is 3. The molecule has 2 heterocycles. The lowest BCUT2D eigenvalue weighted by Gasteiger charge is -2.45. The largest absolute Gasteiger partial charge is 0.324 e. The van der Waals surface area contributed by atoms with Gasteiger partial charge in [0.2, 0.25) is 11.8 Å². The molecule has 5 rings (SSSR count). The summed E-state index contributed by atoms with van der Waals surface area (Å²) >= 11 is 0. The maximum absolute atomic E-state index is 13.7. The Kier molecular flexibility index (Phi) is 6.81. The number of hydrogen-bond donors (Lipinski definition) is 2. The van der Waals surface area contributed by atoms with E-state index in [0.29, 0.717) is 38.2 Å². The van der Waals surface area contributed by atoms with Crippen LogP contribution in [0, 0.1) is 13.8 Å². The monoisotopic (exact) mass is 489 g/mol. The third-order valence-corrected chi connectivity index (χ3v) is 7.86. The number of nitrogens with zero attached hydrogens (tertiary/aromatic N) is 3. The molecular formula is C28H35N5O3. The Morgan fingerprint density at radius 3 is 2.17 bits per heavy atom. The topological polar surface area (TPSA) is 85.0 Å². The number of rotatable bonds is 5. The molecule has 1 saturated heterocycles. The first-order chi connectivity index (χ1) is 17.4. The van der Waals surface area contributed by atoms with Crippen molar-refractivity contribution in [3.05, 3.63) is 53.6 Å². The van der Waals surface area contributed by atoms with Crippen LogP contribution in [0.3, 0.4) is 0 Å². The number of piperazine rings is 1. The molecule has 36 heavy (non-hydrogen) atoms. The zero-order valence-electron chi connectivity index (χ0n) is 21.2. The van der Waals surface area contributed by atoms with Crippen molar-refractivity contribution in [2.75, 3.05) is 54.8 Å². The first-order valence-electron chi connectivity index (χ1n) is 12.9. The molecule has 1 aliphatic carbocycles. The third kappa shape index (κ3) is 4.63. The van der Waals surface area contributed by atoms with Gasteiger partial charge in [-0.2, -0.15) is 0 Å². The van der Waals surface area contributed by atoms with E-state index in [1.165, 1.54) is 0 Å². The minimum absolute atomic E-state index is 0.0176. The molecule has 8 nitrogen and oxygen atoms in total. The van der Waals surface area contributed by atoms with Crippen molar-refractivity contribution < 1.29 is 14.4 Å². The number of nitrogens with one attached hydrogen (secondary N) is 2. The van der Waals surface area contributed by atoms with E-state index in [1.807, 2.05) is 56.3 Å². The number of benzene rings is 2. The average molecular weight is 490 g/mol. The standard InChI is InChI=1S/C28H35N5O3/c1-20-8-7-9-21(2)26(20)30-24(34)18-31-14-16-32(17-15-31)19-25(35)33-23-11-4-3-10-22(23)29-27(36)28(33)12-5-6-13-28/h3-4,7-11H,5-6,12-19H2,1-2H3,(H,29,36)(H,30,34). The van der Waals surface area contributed by atoms with Crippen LogP contribution in [0.1, 0.15) is 36.8 Å². The Labute approximate surface area is 212 Å². The lowest BCUT2D eigenvalue weighted by Crippen LogP contribution is -2.62. The predicted molar refractivity (Wildman–Crippen MR) is 141 cm³/mol. The number of hydrogen-bond acceptors (Lipinski definition) is 5. The summed E-state index contributed by atoms with van der Waals surface area (Å²) in [4.78, 5) is 45.6. The predicted octanol–water partition coefficient (Wildman–Crippen LogP) is 3.16. The second-order valence-electron chi connectivity index (χ2n) is 10.3. The van der Waals surface area contributed by atoms with E-state index in [1.54, 1.807) is 4.90 Å². The van der Waals surface area contributed by atoms with Crippen LogP contribution in [0.25, 0.3) is 0 Å². The van der Waals surface area contributed by atoms with Gasteiger partial charge < -0.3 is 10.6 Å². The van der Waals surface area contributed by atoms with Crippen LogP contribution < -0.4 is 15.5 Å². The van der Waals surface area contributed by atoms with E-state index in [9.17, 15) is 14.4 Å². The van der Waals surface area contributed by atoms with Crippen LogP contribution in [0.5, 0.6) is 0 Å². The molecule has 0 radical (unpaired) electrons. The van der Waals surface area contributed by atoms with E-state index in [-0.39, 0.29) is 24.3 Å². The first kappa shape index (κ1) is 24.5. The second-order valence-corrected chi connectivity index (χ2v) is 10.3. The number of fused-ring (bicyclic) bond motifs is 1. The van der Waals surface area contributed by atoms with Gasteiger partial charge in [-0.05, 0) is 49.9 Å². The van der Waals surface area contributed by atoms with Crippen molar-refractivity contribution in [3.63, 3.8) is 0 Å². The van der Waals surface area contributed by atoms with Crippen LogP contribution >= 0.6 is 0 Å². The maximum atomic E-state index is 13.7. The van der Waals surface area contributed by atoms with Crippen LogP contribution in [0.2, 0.25) is 0 Å². The average Bonchev–Trinajstić information content (AvgIpc) is 3.34. The first-order valence-corrected chi connectivity index (χ1v) is 12.9. The van der Waals surface area contributed by atoms with Crippen LogP contribution in [0.15, 0.2) is 42.5 Å². The van der Waals surface area contributed by atoms with Crippen molar-refractivity contribution in [1.29, 1.82) is 0 Å². The fraction of sp³-hybridized carbons (Fsp3) is 0.464. The fourth-order valence-corrected chi connectivity index (χ4v) is 5.89. The number of anilines is 3. The van der Waals surface area contributed by atoms with Crippen molar-refractivity contribution in [2.24, 2.45) is 0 Å². The molecule has 0 unspecified atom stereocenters. The highest BCUT2D eigenvalue weighted by Crippen LogP contribution is 2.45. The zero-order chi connectivity index (χ0) is 25.3. The Morgan fingerprint density at radius 2 is 1.50 bits per heavy atom. The SMILES string of the molecule is Cc1cccc(C)c1NC(=O)CN1CCN(CC(=O)N2c3ccccc3NC(=O)C23CCCC3)CC1. The van der Waals surface area contributed by atoms with Crippen molar-refractivity contribution in [2.45, 2.75) is 45.1 Å². The molecule has 2 N–H and O–H groups in total. The summed E-state index contributed by atoms with van der Waals surface area (Å²) in [6.07, 6.45) is 3.29. The molecule has 2 aromatic carbocycles. The Balaban J connectivity index is 1.20. The molecule has 0 aromatic heterocycles. The fourth-order valence-electron chi connectivity index (χ4n) is 5.89. The summed E-state index contributed by atoms with van der Waals surface area (Å²) in [5.74, 6) is -0.108. The molecular weight excluding hydrogens is 454 g/mol. The minimum atomic E-state index is -0.779. The highest BCUT2D eigenvalue weighted by Gasteiger charge is 2.52. The van der Waals surface area contributed by atoms with Gasteiger partial charge in [-0.25, -0.2) is 0 Å². The molecule has 1 saturated carbocycles. The second kappa shape index (κ2) is 10.0. The van der Waals surface area contributed by atoms with E-state index in [2.05, 4.69) is 20.4 Å². The van der Waals surface area contributed by atoms with Crippen LogP contribution in [0.4, 0.5) is 17.1 Å². The molecule has 2 aromatic rings. The van der Waals surface area contributed by atoms with Crippen molar-refractivity contribution >= 4 is 34.8 Å². The summed E-state index contributed by atoms with van der Waals surface area (Å²) in [7, 11) is 0. The third-order valence-electron chi connectivity index (χ3n) is 7.86. The number of carbonyl (C=O) groups is 3. The van der Waals surface area contributed by atoms with Crippen LogP contribution in [-0.4, -0.2) is 72.3 Å².